The van der Waals surface area contributed by atoms with E-state index in [1.807, 2.05) is 18.2 Å². The van der Waals surface area contributed by atoms with Crippen LogP contribution in [0.2, 0.25) is 0 Å². The Labute approximate surface area is 134 Å². The minimum atomic E-state index is -0.148. The molecule has 3 rings (SSSR count). The maximum Gasteiger partial charge on any atom is 0.258 e. The average molecular weight is 314 g/mol. The third-order valence-corrected chi connectivity index (χ3v) is 4.13. The highest BCUT2D eigenvalue weighted by molar-refractivity contribution is 5.98. The smallest absolute Gasteiger partial charge is 0.258 e. The normalized spacial score (nSPS) is 12.9. The van der Waals surface area contributed by atoms with Crippen LogP contribution in [0.25, 0.3) is 0 Å². The van der Waals surface area contributed by atoms with Crippen LogP contribution in [0, 0.1) is 6.92 Å². The maximum atomic E-state index is 12.9. The molecule has 0 aliphatic carbocycles. The minimum absolute atomic E-state index is 0.148. The van der Waals surface area contributed by atoms with Gasteiger partial charge in [0.1, 0.15) is 5.75 Å². The molecule has 2 aromatic carbocycles. The molecule has 0 spiro atoms. The summed E-state index contributed by atoms with van der Waals surface area (Å²) in [6, 6.07) is 8.86. The summed E-state index contributed by atoms with van der Waals surface area (Å²) >= 11 is 0. The van der Waals surface area contributed by atoms with E-state index in [1.54, 1.807) is 17.9 Å². The second-order valence-electron chi connectivity index (χ2n) is 5.56. The van der Waals surface area contributed by atoms with Crippen molar-refractivity contribution in [1.82, 2.24) is 4.90 Å². The molecule has 0 saturated carbocycles. The number of fused-ring (bicyclic) bond motifs is 1. The van der Waals surface area contributed by atoms with Gasteiger partial charge in [0, 0.05) is 24.8 Å². The molecule has 120 valence electrons. The Morgan fingerprint density at radius 3 is 2.70 bits per heavy atom. The quantitative estimate of drug-likeness (QED) is 0.517. The molecule has 23 heavy (non-hydrogen) atoms. The first-order chi connectivity index (χ1) is 11.0. The van der Waals surface area contributed by atoms with Crippen molar-refractivity contribution in [3.8, 4) is 11.5 Å². The zero-order chi connectivity index (χ0) is 16.6. The standard InChI is InChI=1S/C17H18N2O4/c1-10-6-12(16(22-2)7-15(10)23-21)17(20)19-8-11-4-3-5-14(18)13(11)9-19/h3-7,21H,8-9,18H2,1-2H3. The molecular formula is C17H18N2O4. The topological polar surface area (TPSA) is 85.0 Å². The number of methoxy groups -OCH3 is 1. The van der Waals surface area contributed by atoms with Gasteiger partial charge in [-0.3, -0.25) is 4.79 Å². The van der Waals surface area contributed by atoms with Crippen LogP contribution in [0.3, 0.4) is 0 Å². The van der Waals surface area contributed by atoms with Gasteiger partial charge in [0.15, 0.2) is 5.75 Å². The molecule has 1 amide bonds. The van der Waals surface area contributed by atoms with Gasteiger partial charge in [-0.05, 0) is 35.7 Å². The van der Waals surface area contributed by atoms with Crippen LogP contribution < -0.4 is 15.4 Å². The molecule has 3 N–H and O–H groups in total. The number of ether oxygens (including phenoxy) is 1. The summed E-state index contributed by atoms with van der Waals surface area (Å²) in [5.74, 6) is 0.464. The molecule has 0 radical (unpaired) electrons. The van der Waals surface area contributed by atoms with Gasteiger partial charge in [-0.25, -0.2) is 5.26 Å². The molecule has 2 aromatic rings. The number of carbonyl (C=O) groups excluding carboxylic acids is 1. The highest BCUT2D eigenvalue weighted by Gasteiger charge is 2.28. The van der Waals surface area contributed by atoms with Crippen LogP contribution in [0.1, 0.15) is 27.0 Å². The van der Waals surface area contributed by atoms with Crippen molar-refractivity contribution in [1.29, 1.82) is 0 Å². The number of nitrogen functional groups attached to an aromatic ring is 1. The second kappa shape index (κ2) is 5.81. The summed E-state index contributed by atoms with van der Waals surface area (Å²) in [6.07, 6.45) is 0. The molecule has 0 atom stereocenters. The van der Waals surface area contributed by atoms with E-state index < -0.39 is 0 Å². The molecule has 1 aliphatic heterocycles. The Morgan fingerprint density at radius 2 is 2.04 bits per heavy atom. The number of hydrogen-bond acceptors (Lipinski definition) is 5. The molecule has 0 aromatic heterocycles. The van der Waals surface area contributed by atoms with E-state index in [0.717, 1.165) is 11.1 Å². The van der Waals surface area contributed by atoms with Gasteiger partial charge < -0.3 is 20.3 Å². The lowest BCUT2D eigenvalue weighted by molar-refractivity contribution is -0.138. The Balaban J connectivity index is 1.93. The lowest BCUT2D eigenvalue weighted by Crippen LogP contribution is -2.26. The summed E-state index contributed by atoms with van der Waals surface area (Å²) in [5, 5.41) is 8.86. The molecule has 6 heteroatoms. The van der Waals surface area contributed by atoms with Crippen LogP contribution >= 0.6 is 0 Å². The summed E-state index contributed by atoms with van der Waals surface area (Å²) in [5.41, 5.74) is 9.81. The van der Waals surface area contributed by atoms with Gasteiger partial charge in [-0.15, -0.1) is 0 Å². The van der Waals surface area contributed by atoms with E-state index in [0.29, 0.717) is 35.7 Å². The lowest BCUT2D eigenvalue weighted by atomic mass is 10.1. The monoisotopic (exact) mass is 314 g/mol. The van der Waals surface area contributed by atoms with Gasteiger partial charge in [-0.1, -0.05) is 12.1 Å². The SMILES string of the molecule is COc1cc(OO)c(C)cc1C(=O)N1Cc2cccc(N)c2C1. The first kappa shape index (κ1) is 15.2. The van der Waals surface area contributed by atoms with E-state index in [2.05, 4.69) is 4.89 Å². The first-order valence-electron chi connectivity index (χ1n) is 7.20. The van der Waals surface area contributed by atoms with Crippen LogP contribution in [-0.2, 0) is 13.1 Å². The molecule has 0 unspecified atom stereocenters. The van der Waals surface area contributed by atoms with E-state index in [4.69, 9.17) is 15.7 Å². The predicted molar refractivity (Wildman–Crippen MR) is 85.4 cm³/mol. The third-order valence-electron chi connectivity index (χ3n) is 4.13. The van der Waals surface area contributed by atoms with Crippen LogP contribution in [-0.4, -0.2) is 23.2 Å². The third kappa shape index (κ3) is 2.57. The summed E-state index contributed by atoms with van der Waals surface area (Å²) in [6.45, 7) is 2.74. The average Bonchev–Trinajstić information content (AvgIpc) is 2.99. The number of aryl methyl sites for hydroxylation is 1. The summed E-state index contributed by atoms with van der Waals surface area (Å²) in [4.78, 5) is 18.9. The van der Waals surface area contributed by atoms with Crippen molar-refractivity contribution in [2.24, 2.45) is 0 Å². The predicted octanol–water partition coefficient (Wildman–Crippen LogP) is 2.59. The fraction of sp³-hybridized carbons (Fsp3) is 0.235. The molecule has 1 heterocycles. The lowest BCUT2D eigenvalue weighted by Gasteiger charge is -2.18. The number of carbonyl (C=O) groups is 1. The Morgan fingerprint density at radius 1 is 1.26 bits per heavy atom. The minimum Gasteiger partial charge on any atom is -0.496 e. The number of nitrogens with zero attached hydrogens (tertiary/aromatic N) is 1. The fourth-order valence-corrected chi connectivity index (χ4v) is 2.87. The Kier molecular flexibility index (Phi) is 3.83. The highest BCUT2D eigenvalue weighted by Crippen LogP contribution is 2.33. The van der Waals surface area contributed by atoms with E-state index in [1.165, 1.54) is 13.2 Å². The molecule has 1 aliphatic rings. The van der Waals surface area contributed by atoms with Crippen molar-refractivity contribution < 1.29 is 19.7 Å². The first-order valence-corrected chi connectivity index (χ1v) is 7.20. The maximum absolute atomic E-state index is 12.9. The number of amides is 1. The largest absolute Gasteiger partial charge is 0.496 e. The second-order valence-corrected chi connectivity index (χ2v) is 5.56. The van der Waals surface area contributed by atoms with Crippen LogP contribution in [0.4, 0.5) is 5.69 Å². The van der Waals surface area contributed by atoms with E-state index in [-0.39, 0.29) is 11.7 Å². The molecular weight excluding hydrogens is 296 g/mol. The number of anilines is 1. The highest BCUT2D eigenvalue weighted by atomic mass is 17.1. The number of benzene rings is 2. The Bertz CT molecular complexity index is 773. The Hall–Kier alpha value is -2.73. The van der Waals surface area contributed by atoms with Crippen molar-refractivity contribution in [3.05, 3.63) is 52.6 Å². The van der Waals surface area contributed by atoms with Gasteiger partial charge in [0.05, 0.1) is 12.7 Å². The van der Waals surface area contributed by atoms with Crippen molar-refractivity contribution >= 4 is 11.6 Å². The van der Waals surface area contributed by atoms with Crippen LogP contribution in [0.15, 0.2) is 30.3 Å². The van der Waals surface area contributed by atoms with Gasteiger partial charge in [-0.2, -0.15) is 0 Å². The molecule has 6 nitrogen and oxygen atoms in total. The zero-order valence-corrected chi connectivity index (χ0v) is 13.0. The van der Waals surface area contributed by atoms with Crippen molar-refractivity contribution in [2.45, 2.75) is 20.0 Å². The van der Waals surface area contributed by atoms with E-state index >= 15 is 0 Å². The van der Waals surface area contributed by atoms with Gasteiger partial charge >= 0.3 is 0 Å². The number of nitrogens with two attached hydrogens (primary N) is 1. The molecule has 0 saturated heterocycles. The molecule has 0 fully saturated rings. The van der Waals surface area contributed by atoms with Crippen molar-refractivity contribution in [3.63, 3.8) is 0 Å². The fourth-order valence-electron chi connectivity index (χ4n) is 2.87. The van der Waals surface area contributed by atoms with Gasteiger partial charge in [0.25, 0.3) is 5.91 Å². The van der Waals surface area contributed by atoms with Gasteiger partial charge in [0.2, 0.25) is 0 Å². The number of hydrogen-bond donors (Lipinski definition) is 2. The molecule has 0 bridgehead atoms. The zero-order valence-electron chi connectivity index (χ0n) is 13.0. The summed E-state index contributed by atoms with van der Waals surface area (Å²) in [7, 11) is 1.47. The van der Waals surface area contributed by atoms with E-state index in [9.17, 15) is 4.79 Å². The van der Waals surface area contributed by atoms with Crippen molar-refractivity contribution in [2.75, 3.05) is 12.8 Å². The van der Waals surface area contributed by atoms with Crippen LogP contribution in [0.5, 0.6) is 11.5 Å². The summed E-state index contributed by atoms with van der Waals surface area (Å²) < 4.78 is 5.26. The number of rotatable bonds is 3.